The third kappa shape index (κ3) is 5.05. The van der Waals surface area contributed by atoms with Crippen LogP contribution in [-0.4, -0.2) is 137 Å². The molecule has 8 unspecified atom stereocenters. The lowest BCUT2D eigenvalue weighted by Crippen LogP contribution is -2.48. The lowest BCUT2D eigenvalue weighted by atomic mass is 9.98. The molecule has 0 amide bonds. The molecule has 1 heterocycles. The SMILES string of the molecule is CO[C@@H](O)C1C(OC2=C(O)C(O/C(O)=C3/C(O)C(CO)[C@@H](O)C3O)[C@@H](O)C(CO)O2)=C(O)C(CO)C1O. The summed E-state index contributed by atoms with van der Waals surface area (Å²) in [4.78, 5) is 0. The van der Waals surface area contributed by atoms with Crippen molar-refractivity contribution >= 4 is 0 Å². The Bertz CT molecular complexity index is 916. The molecule has 0 radical (unpaired) electrons. The van der Waals surface area contributed by atoms with Gasteiger partial charge in [0.2, 0.25) is 5.76 Å². The Morgan fingerprint density at radius 1 is 0.892 bits per heavy atom. The summed E-state index contributed by atoms with van der Waals surface area (Å²) in [7, 11) is 1.08. The average Bonchev–Trinajstić information content (AvgIpc) is 3.24. The molecule has 0 aromatic carbocycles. The third-order valence-electron chi connectivity index (χ3n) is 6.74. The van der Waals surface area contributed by atoms with Crippen LogP contribution in [0.25, 0.3) is 0 Å². The highest BCUT2D eigenvalue weighted by atomic mass is 16.7. The zero-order valence-electron chi connectivity index (χ0n) is 19.5. The van der Waals surface area contributed by atoms with Crippen molar-refractivity contribution in [3.63, 3.8) is 0 Å². The van der Waals surface area contributed by atoms with Crippen molar-refractivity contribution < 1.29 is 80.2 Å². The standard InChI is InChI=1S/C21H32O16/c1-34-19(32)9-11(26)6(3-23)13(28)17(9)37-21-16(31)18(14(29)7(4-24)35-21)36-20(33)8-10(25)5(2-22)12(27)15(8)30/h5-7,9-12,14-15,18-19,22-33H,2-4H2,1H3/b20-8-/t5?,6?,7?,9?,10?,11?,12-,14+,15?,18?,19-/m1/s1. The molecular formula is C21H32O16. The van der Waals surface area contributed by atoms with Crippen LogP contribution in [0.1, 0.15) is 0 Å². The van der Waals surface area contributed by atoms with E-state index < -0.39 is 121 Å². The highest BCUT2D eigenvalue weighted by molar-refractivity contribution is 5.26. The predicted molar refractivity (Wildman–Crippen MR) is 115 cm³/mol. The first-order valence-corrected chi connectivity index (χ1v) is 11.2. The maximum Gasteiger partial charge on any atom is 0.328 e. The second-order valence-electron chi connectivity index (χ2n) is 8.81. The van der Waals surface area contributed by atoms with Crippen LogP contribution < -0.4 is 0 Å². The molecule has 0 saturated heterocycles. The van der Waals surface area contributed by atoms with Gasteiger partial charge in [0.25, 0.3) is 5.95 Å². The van der Waals surface area contributed by atoms with Crippen LogP contribution in [0.3, 0.4) is 0 Å². The molecule has 16 nitrogen and oxygen atoms in total. The van der Waals surface area contributed by atoms with Gasteiger partial charge in [-0.25, -0.2) is 0 Å². The Morgan fingerprint density at radius 2 is 1.54 bits per heavy atom. The summed E-state index contributed by atoms with van der Waals surface area (Å²) in [6, 6.07) is 0. The molecule has 3 rings (SSSR count). The van der Waals surface area contributed by atoms with E-state index in [-0.39, 0.29) is 0 Å². The number of hydrogen-bond acceptors (Lipinski definition) is 16. The van der Waals surface area contributed by atoms with Crippen molar-refractivity contribution in [3.05, 3.63) is 34.7 Å². The summed E-state index contributed by atoms with van der Waals surface area (Å²) in [6.45, 7) is -2.43. The van der Waals surface area contributed by atoms with E-state index in [9.17, 15) is 61.3 Å². The first-order valence-electron chi connectivity index (χ1n) is 11.2. The molecule has 1 aliphatic heterocycles. The zero-order chi connectivity index (χ0) is 27.8. The molecule has 2 aliphatic carbocycles. The van der Waals surface area contributed by atoms with Gasteiger partial charge in [-0.2, -0.15) is 0 Å². The highest BCUT2D eigenvalue weighted by Gasteiger charge is 2.51. The van der Waals surface area contributed by atoms with Gasteiger partial charge in [0.15, 0.2) is 24.3 Å². The topological polar surface area (TPSA) is 280 Å². The fraction of sp³-hybridized carbons (Fsp3) is 0.714. The normalized spacial score (nSPS) is 40.6. The minimum Gasteiger partial charge on any atom is -0.508 e. The van der Waals surface area contributed by atoms with Crippen LogP contribution in [0, 0.1) is 17.8 Å². The number of aliphatic hydroxyl groups excluding tert-OH is 12. The number of ether oxygens (including phenoxy) is 4. The summed E-state index contributed by atoms with van der Waals surface area (Å²) in [5, 5.41) is 121. The molecule has 1 saturated carbocycles. The van der Waals surface area contributed by atoms with Crippen molar-refractivity contribution in [1.29, 1.82) is 0 Å². The van der Waals surface area contributed by atoms with E-state index in [0.29, 0.717) is 0 Å². The quantitative estimate of drug-likeness (QED) is 0.0972. The predicted octanol–water partition coefficient (Wildman–Crippen LogP) is -4.32. The van der Waals surface area contributed by atoms with Gasteiger partial charge < -0.3 is 80.2 Å². The van der Waals surface area contributed by atoms with Crippen molar-refractivity contribution in [2.75, 3.05) is 26.9 Å². The molecule has 3 aliphatic rings. The molecule has 0 aromatic rings. The smallest absolute Gasteiger partial charge is 0.328 e. The first-order chi connectivity index (χ1) is 17.4. The van der Waals surface area contributed by atoms with Crippen molar-refractivity contribution in [1.82, 2.24) is 0 Å². The van der Waals surface area contributed by atoms with Crippen LogP contribution in [-0.2, 0) is 18.9 Å². The van der Waals surface area contributed by atoms with Gasteiger partial charge in [-0.05, 0) is 0 Å². The van der Waals surface area contributed by atoms with Crippen LogP contribution in [0.4, 0.5) is 0 Å². The van der Waals surface area contributed by atoms with Gasteiger partial charge in [0.1, 0.15) is 18.0 Å². The Kier molecular flexibility index (Phi) is 9.12. The maximum absolute atomic E-state index is 10.7. The van der Waals surface area contributed by atoms with Crippen LogP contribution in [0.15, 0.2) is 34.7 Å². The van der Waals surface area contributed by atoms with Gasteiger partial charge in [-0.1, -0.05) is 0 Å². The van der Waals surface area contributed by atoms with E-state index in [1.54, 1.807) is 0 Å². The molecule has 0 bridgehead atoms. The van der Waals surface area contributed by atoms with E-state index in [1.807, 2.05) is 0 Å². The van der Waals surface area contributed by atoms with Crippen LogP contribution in [0.2, 0.25) is 0 Å². The molecule has 12 N–H and O–H groups in total. The molecule has 1 fully saturated rings. The second-order valence-corrected chi connectivity index (χ2v) is 8.81. The lowest BCUT2D eigenvalue weighted by molar-refractivity contribution is -0.167. The van der Waals surface area contributed by atoms with Crippen molar-refractivity contribution in [2.45, 2.75) is 49.0 Å². The van der Waals surface area contributed by atoms with E-state index in [1.165, 1.54) is 0 Å². The largest absolute Gasteiger partial charge is 0.508 e. The van der Waals surface area contributed by atoms with Gasteiger partial charge in [0, 0.05) is 13.0 Å². The minimum absolute atomic E-state index is 0.590. The lowest BCUT2D eigenvalue weighted by Gasteiger charge is -2.35. The molecule has 0 aromatic heterocycles. The van der Waals surface area contributed by atoms with Crippen LogP contribution in [0.5, 0.6) is 0 Å². The average molecular weight is 540 g/mol. The van der Waals surface area contributed by atoms with Crippen LogP contribution >= 0.6 is 0 Å². The molecular weight excluding hydrogens is 508 g/mol. The Balaban J connectivity index is 1.98. The summed E-state index contributed by atoms with van der Waals surface area (Å²) < 4.78 is 20.5. The summed E-state index contributed by atoms with van der Waals surface area (Å²) in [6.07, 6.45) is -14.1. The molecule has 16 heteroatoms. The zero-order valence-corrected chi connectivity index (χ0v) is 19.5. The first kappa shape index (κ1) is 29.2. The molecule has 0 spiro atoms. The van der Waals surface area contributed by atoms with E-state index >= 15 is 0 Å². The number of methoxy groups -OCH3 is 1. The van der Waals surface area contributed by atoms with Crippen molar-refractivity contribution in [2.24, 2.45) is 17.8 Å². The Hall–Kier alpha value is -2.38. The summed E-state index contributed by atoms with van der Waals surface area (Å²) in [5.74, 6) is -8.60. The minimum atomic E-state index is -1.98. The number of hydrogen-bond donors (Lipinski definition) is 12. The van der Waals surface area contributed by atoms with Gasteiger partial charge in [0.05, 0.1) is 55.5 Å². The van der Waals surface area contributed by atoms with E-state index in [4.69, 9.17) is 18.9 Å². The third-order valence-corrected chi connectivity index (χ3v) is 6.74. The van der Waals surface area contributed by atoms with Gasteiger partial charge in [-0.3, -0.25) is 0 Å². The highest BCUT2D eigenvalue weighted by Crippen LogP contribution is 2.42. The molecule has 11 atom stereocenters. The van der Waals surface area contributed by atoms with Gasteiger partial charge >= 0.3 is 5.95 Å². The molecule has 212 valence electrons. The monoisotopic (exact) mass is 540 g/mol. The van der Waals surface area contributed by atoms with E-state index in [0.717, 1.165) is 7.11 Å². The molecule has 37 heavy (non-hydrogen) atoms. The fourth-order valence-corrected chi connectivity index (χ4v) is 4.53. The Labute approximate surface area is 209 Å². The Morgan fingerprint density at radius 3 is 2.05 bits per heavy atom. The fourth-order valence-electron chi connectivity index (χ4n) is 4.53. The maximum atomic E-state index is 10.7. The van der Waals surface area contributed by atoms with Crippen molar-refractivity contribution in [3.8, 4) is 0 Å². The number of rotatable bonds is 9. The summed E-state index contributed by atoms with van der Waals surface area (Å²) in [5.41, 5.74) is -0.658. The number of aliphatic hydroxyl groups is 12. The summed E-state index contributed by atoms with van der Waals surface area (Å²) >= 11 is 0. The van der Waals surface area contributed by atoms with E-state index in [2.05, 4.69) is 0 Å². The van der Waals surface area contributed by atoms with Gasteiger partial charge in [-0.15, -0.1) is 0 Å². The second kappa shape index (κ2) is 11.6.